The molecule has 2 aliphatic rings. The van der Waals surface area contributed by atoms with Crippen LogP contribution in [0, 0.1) is 0 Å². The lowest BCUT2D eigenvalue weighted by Crippen LogP contribution is -2.35. The van der Waals surface area contributed by atoms with Gasteiger partial charge in [0.05, 0.1) is 0 Å². The summed E-state index contributed by atoms with van der Waals surface area (Å²) in [7, 11) is 0. The van der Waals surface area contributed by atoms with Crippen molar-refractivity contribution in [2.24, 2.45) is 0 Å². The fraction of sp³-hybridized carbons (Fsp3) is 0.476. The van der Waals surface area contributed by atoms with E-state index in [0.29, 0.717) is 12.5 Å². The van der Waals surface area contributed by atoms with Gasteiger partial charge in [-0.25, -0.2) is 9.97 Å². The van der Waals surface area contributed by atoms with Gasteiger partial charge in [0.25, 0.3) is 5.91 Å². The van der Waals surface area contributed by atoms with Crippen LogP contribution < -0.4 is 10.2 Å². The van der Waals surface area contributed by atoms with E-state index >= 15 is 0 Å². The van der Waals surface area contributed by atoms with Gasteiger partial charge in [0.15, 0.2) is 0 Å². The first-order valence-electron chi connectivity index (χ1n) is 9.93. The molecule has 0 bridgehead atoms. The Kier molecular flexibility index (Phi) is 5.63. The van der Waals surface area contributed by atoms with Gasteiger partial charge in [-0.15, -0.1) is 0 Å². The Labute approximate surface area is 160 Å². The third-order valence-electron chi connectivity index (χ3n) is 5.54. The molecule has 0 saturated carbocycles. The number of carbonyl (C=O) groups excluding carboxylic acids is 1. The highest BCUT2D eigenvalue weighted by atomic mass is 16.2. The largest absolute Gasteiger partial charge is 0.339 e. The summed E-state index contributed by atoms with van der Waals surface area (Å²) in [6.45, 7) is 5.27. The maximum Gasteiger partial charge on any atom is 0.253 e. The Bertz CT molecular complexity index is 743. The summed E-state index contributed by atoms with van der Waals surface area (Å²) in [5.74, 6) is 1.44. The molecule has 0 spiro atoms. The summed E-state index contributed by atoms with van der Waals surface area (Å²) in [5, 5.41) is 3.46. The lowest BCUT2D eigenvalue weighted by molar-refractivity contribution is 0.0767. The van der Waals surface area contributed by atoms with Crippen molar-refractivity contribution in [1.29, 1.82) is 0 Å². The van der Waals surface area contributed by atoms with Crippen LogP contribution in [0.5, 0.6) is 0 Å². The molecular weight excluding hydrogens is 338 g/mol. The van der Waals surface area contributed by atoms with Gasteiger partial charge in [-0.05, 0) is 55.5 Å². The van der Waals surface area contributed by atoms with Crippen LogP contribution in [0.25, 0.3) is 0 Å². The molecular formula is C21H27N5O. The summed E-state index contributed by atoms with van der Waals surface area (Å²) >= 11 is 0. The molecule has 0 aliphatic carbocycles. The van der Waals surface area contributed by atoms with Crippen LogP contribution in [0.3, 0.4) is 0 Å². The molecule has 1 atom stereocenters. The van der Waals surface area contributed by atoms with Crippen LogP contribution >= 0.6 is 0 Å². The quantitative estimate of drug-likeness (QED) is 0.904. The fourth-order valence-electron chi connectivity index (χ4n) is 3.99. The second-order valence-corrected chi connectivity index (χ2v) is 7.35. The predicted molar refractivity (Wildman–Crippen MR) is 106 cm³/mol. The topological polar surface area (TPSA) is 61.4 Å². The van der Waals surface area contributed by atoms with E-state index in [2.05, 4.69) is 32.3 Å². The third-order valence-corrected chi connectivity index (χ3v) is 5.54. The van der Waals surface area contributed by atoms with Crippen molar-refractivity contribution in [2.45, 2.75) is 25.2 Å². The zero-order valence-electron chi connectivity index (χ0n) is 15.7. The van der Waals surface area contributed by atoms with E-state index in [-0.39, 0.29) is 5.91 Å². The molecule has 4 rings (SSSR count). The molecule has 1 amide bonds. The van der Waals surface area contributed by atoms with Gasteiger partial charge in [-0.2, -0.15) is 0 Å². The lowest BCUT2D eigenvalue weighted by Gasteiger charge is -2.24. The number of carbonyl (C=O) groups is 1. The molecule has 6 heteroatoms. The lowest BCUT2D eigenvalue weighted by atomic mass is 9.91. The fourth-order valence-corrected chi connectivity index (χ4v) is 3.99. The minimum absolute atomic E-state index is 0.124. The minimum Gasteiger partial charge on any atom is -0.339 e. The van der Waals surface area contributed by atoms with E-state index in [9.17, 15) is 4.79 Å². The van der Waals surface area contributed by atoms with Crippen LogP contribution in [-0.4, -0.2) is 60.0 Å². The molecule has 0 unspecified atom stereocenters. The van der Waals surface area contributed by atoms with Crippen molar-refractivity contribution in [3.05, 3.63) is 53.9 Å². The van der Waals surface area contributed by atoms with Gasteiger partial charge in [-0.3, -0.25) is 4.79 Å². The summed E-state index contributed by atoms with van der Waals surface area (Å²) < 4.78 is 0. The third kappa shape index (κ3) is 4.27. The van der Waals surface area contributed by atoms with Crippen molar-refractivity contribution < 1.29 is 4.79 Å². The van der Waals surface area contributed by atoms with Gasteiger partial charge >= 0.3 is 0 Å². The maximum absolute atomic E-state index is 12.9. The zero-order valence-corrected chi connectivity index (χ0v) is 15.7. The summed E-state index contributed by atoms with van der Waals surface area (Å²) in [6, 6.07) is 10.1. The van der Waals surface area contributed by atoms with Crippen LogP contribution in [0.15, 0.2) is 42.7 Å². The SMILES string of the molecule is O=C(c1ccc([C@@H]2CCCNC2)cc1)N1CCCN(c2ncccn2)CC1. The molecule has 2 aromatic rings. The van der Waals surface area contributed by atoms with Crippen molar-refractivity contribution in [2.75, 3.05) is 44.2 Å². The van der Waals surface area contributed by atoms with E-state index in [1.807, 2.05) is 23.1 Å². The number of anilines is 1. The number of rotatable bonds is 3. The van der Waals surface area contributed by atoms with Crippen LogP contribution in [-0.2, 0) is 0 Å². The second-order valence-electron chi connectivity index (χ2n) is 7.35. The molecule has 27 heavy (non-hydrogen) atoms. The molecule has 0 radical (unpaired) electrons. The number of hydrogen-bond donors (Lipinski definition) is 1. The molecule has 6 nitrogen and oxygen atoms in total. The Balaban J connectivity index is 1.39. The Morgan fingerprint density at radius 3 is 2.56 bits per heavy atom. The number of nitrogens with zero attached hydrogens (tertiary/aromatic N) is 4. The summed E-state index contributed by atoms with van der Waals surface area (Å²) in [5.41, 5.74) is 2.12. The van der Waals surface area contributed by atoms with E-state index in [1.165, 1.54) is 18.4 Å². The first kappa shape index (κ1) is 17.9. The maximum atomic E-state index is 12.9. The number of benzene rings is 1. The number of amides is 1. The number of nitrogens with one attached hydrogen (secondary N) is 1. The molecule has 142 valence electrons. The Morgan fingerprint density at radius 2 is 1.81 bits per heavy atom. The number of aromatic nitrogens is 2. The van der Waals surface area contributed by atoms with Crippen molar-refractivity contribution in [3.63, 3.8) is 0 Å². The van der Waals surface area contributed by atoms with Crippen molar-refractivity contribution in [3.8, 4) is 0 Å². The van der Waals surface area contributed by atoms with Crippen LogP contribution in [0.1, 0.15) is 41.1 Å². The van der Waals surface area contributed by atoms with Gasteiger partial charge in [0.1, 0.15) is 0 Å². The molecule has 1 N–H and O–H groups in total. The highest BCUT2D eigenvalue weighted by Crippen LogP contribution is 2.24. The van der Waals surface area contributed by atoms with Crippen molar-refractivity contribution in [1.82, 2.24) is 20.2 Å². The van der Waals surface area contributed by atoms with Gasteiger partial charge < -0.3 is 15.1 Å². The standard InChI is InChI=1S/C21H27N5O/c27-20(18-7-5-17(6-8-18)19-4-1-9-22-16-19)25-12-3-13-26(15-14-25)21-23-10-2-11-24-21/h2,5-8,10-11,19,22H,1,3-4,9,12-16H2/t19-/m1/s1. The monoisotopic (exact) mass is 365 g/mol. The average molecular weight is 365 g/mol. The first-order valence-corrected chi connectivity index (χ1v) is 9.93. The minimum atomic E-state index is 0.124. The predicted octanol–water partition coefficient (Wildman–Crippen LogP) is 2.30. The molecule has 2 aliphatic heterocycles. The molecule has 2 saturated heterocycles. The Morgan fingerprint density at radius 1 is 1.00 bits per heavy atom. The normalized spacial score (nSPS) is 21.0. The molecule has 2 fully saturated rings. The first-order chi connectivity index (χ1) is 13.3. The second kappa shape index (κ2) is 8.48. The molecule has 1 aromatic heterocycles. The number of hydrogen-bond acceptors (Lipinski definition) is 5. The molecule has 3 heterocycles. The van der Waals surface area contributed by atoms with Gasteiger partial charge in [-0.1, -0.05) is 12.1 Å². The van der Waals surface area contributed by atoms with E-state index in [1.54, 1.807) is 12.4 Å². The summed E-state index contributed by atoms with van der Waals surface area (Å²) in [6.07, 6.45) is 6.90. The van der Waals surface area contributed by atoms with Crippen LogP contribution in [0.2, 0.25) is 0 Å². The van der Waals surface area contributed by atoms with E-state index in [0.717, 1.165) is 50.7 Å². The van der Waals surface area contributed by atoms with E-state index < -0.39 is 0 Å². The Hall–Kier alpha value is -2.47. The van der Waals surface area contributed by atoms with E-state index in [4.69, 9.17) is 0 Å². The zero-order chi connectivity index (χ0) is 18.5. The average Bonchev–Trinajstić information content (AvgIpc) is 3.01. The van der Waals surface area contributed by atoms with Crippen molar-refractivity contribution >= 4 is 11.9 Å². The highest BCUT2D eigenvalue weighted by molar-refractivity contribution is 5.94. The van der Waals surface area contributed by atoms with Gasteiger partial charge in [0, 0.05) is 50.7 Å². The highest BCUT2D eigenvalue weighted by Gasteiger charge is 2.22. The van der Waals surface area contributed by atoms with Crippen LogP contribution in [0.4, 0.5) is 5.95 Å². The number of piperidine rings is 1. The van der Waals surface area contributed by atoms with Gasteiger partial charge in [0.2, 0.25) is 5.95 Å². The smallest absolute Gasteiger partial charge is 0.253 e. The molecule has 1 aromatic carbocycles. The summed E-state index contributed by atoms with van der Waals surface area (Å²) in [4.78, 5) is 25.7.